The van der Waals surface area contributed by atoms with Crippen LogP contribution in [0.15, 0.2) is 225 Å². The van der Waals surface area contributed by atoms with Crippen molar-refractivity contribution in [1.82, 2.24) is 9.55 Å². The van der Waals surface area contributed by atoms with Crippen LogP contribution in [-0.2, 0) is 0 Å². The van der Waals surface area contributed by atoms with Crippen LogP contribution < -0.4 is 9.80 Å². The molecular formula is C70H64N4. The van der Waals surface area contributed by atoms with Crippen LogP contribution in [0.2, 0.25) is 0 Å². The Bertz CT molecular complexity index is 3700. The zero-order valence-corrected chi connectivity index (χ0v) is 43.7. The number of fused-ring (bicyclic) bond motifs is 2. The molecule has 11 rings (SSSR count). The third-order valence-electron chi connectivity index (χ3n) is 15.9. The summed E-state index contributed by atoms with van der Waals surface area (Å²) in [5, 5.41) is 4.87. The highest BCUT2D eigenvalue weighted by Crippen LogP contribution is 2.43. The fourth-order valence-corrected chi connectivity index (χ4v) is 11.3. The van der Waals surface area contributed by atoms with Crippen LogP contribution in [0.3, 0.4) is 0 Å². The van der Waals surface area contributed by atoms with Gasteiger partial charge in [-0.15, -0.1) is 0 Å². The lowest BCUT2D eigenvalue weighted by molar-refractivity contribution is 0.544. The molecule has 2 atom stereocenters. The zero-order chi connectivity index (χ0) is 50.9. The summed E-state index contributed by atoms with van der Waals surface area (Å²) in [6.45, 7) is 15.9. The van der Waals surface area contributed by atoms with E-state index in [2.05, 4.69) is 281 Å². The van der Waals surface area contributed by atoms with Gasteiger partial charge in [-0.3, -0.25) is 4.57 Å². The van der Waals surface area contributed by atoms with Crippen LogP contribution in [0.1, 0.15) is 77.5 Å². The first kappa shape index (κ1) is 47.8. The molecule has 0 N–H and O–H groups in total. The van der Waals surface area contributed by atoms with Gasteiger partial charge in [0.25, 0.3) is 0 Å². The highest BCUT2D eigenvalue weighted by Gasteiger charge is 2.22. The van der Waals surface area contributed by atoms with Crippen molar-refractivity contribution in [2.45, 2.75) is 73.1 Å². The molecule has 11 aromatic rings. The van der Waals surface area contributed by atoms with E-state index in [4.69, 9.17) is 4.98 Å². The SMILES string of the molecule is CCC(CC(C)c1ccc(N(c2ccc(-c3ccc(N(c4ccccc4)c4cccc5ccccc45)cc3)cc2)c2cccc3ccccc23)cc1)c1ccc(-c2nccn2-c2c(C)c(C)c(C)c(C)c2C)cc1. The molecule has 1 heterocycles. The molecule has 4 heteroatoms. The maximum Gasteiger partial charge on any atom is 0.144 e. The number of rotatable bonds is 14. The molecule has 0 fully saturated rings. The Kier molecular flexibility index (Phi) is 13.3. The average molecular weight is 961 g/mol. The Balaban J connectivity index is 0.848. The first-order valence-electron chi connectivity index (χ1n) is 26.3. The van der Waals surface area contributed by atoms with Crippen LogP contribution in [0, 0.1) is 34.6 Å². The normalized spacial score (nSPS) is 12.3. The third kappa shape index (κ3) is 9.07. The number of hydrogen-bond acceptors (Lipinski definition) is 3. The van der Waals surface area contributed by atoms with E-state index >= 15 is 0 Å². The fourth-order valence-electron chi connectivity index (χ4n) is 11.3. The van der Waals surface area contributed by atoms with Crippen molar-refractivity contribution >= 4 is 55.7 Å². The predicted octanol–water partition coefficient (Wildman–Crippen LogP) is 19.7. The summed E-state index contributed by atoms with van der Waals surface area (Å²) in [7, 11) is 0. The second-order valence-electron chi connectivity index (χ2n) is 20.1. The highest BCUT2D eigenvalue weighted by atomic mass is 15.1. The van der Waals surface area contributed by atoms with Gasteiger partial charge in [0, 0.05) is 51.5 Å². The molecule has 0 saturated carbocycles. The number of benzene rings is 10. The summed E-state index contributed by atoms with van der Waals surface area (Å²) >= 11 is 0. The molecule has 0 aliphatic carbocycles. The number of anilines is 6. The van der Waals surface area contributed by atoms with Crippen LogP contribution in [-0.4, -0.2) is 9.55 Å². The van der Waals surface area contributed by atoms with Gasteiger partial charge in [0.05, 0.1) is 17.1 Å². The Morgan fingerprint density at radius 3 is 1.35 bits per heavy atom. The number of nitrogens with zero attached hydrogens (tertiary/aromatic N) is 4. The van der Waals surface area contributed by atoms with Crippen LogP contribution >= 0.6 is 0 Å². The first-order valence-corrected chi connectivity index (χ1v) is 26.3. The molecule has 0 radical (unpaired) electrons. The topological polar surface area (TPSA) is 24.3 Å². The summed E-state index contributed by atoms with van der Waals surface area (Å²) in [5.41, 5.74) is 20.9. The summed E-state index contributed by atoms with van der Waals surface area (Å²) in [5.74, 6) is 1.78. The zero-order valence-electron chi connectivity index (χ0n) is 43.7. The van der Waals surface area contributed by atoms with Crippen molar-refractivity contribution in [3.8, 4) is 28.2 Å². The molecule has 1 aromatic heterocycles. The molecule has 0 bridgehead atoms. The number of para-hydroxylation sites is 1. The molecule has 0 amide bonds. The summed E-state index contributed by atoms with van der Waals surface area (Å²) in [6, 6.07) is 77.7. The first-order chi connectivity index (χ1) is 36.2. The minimum Gasteiger partial charge on any atom is -0.310 e. The lowest BCUT2D eigenvalue weighted by Gasteiger charge is -2.28. The minimum absolute atomic E-state index is 0.370. The van der Waals surface area contributed by atoms with E-state index in [1.165, 1.54) is 77.3 Å². The van der Waals surface area contributed by atoms with Crippen molar-refractivity contribution < 1.29 is 0 Å². The Morgan fingerprint density at radius 2 is 0.838 bits per heavy atom. The smallest absolute Gasteiger partial charge is 0.144 e. The lowest BCUT2D eigenvalue weighted by atomic mass is 9.84. The van der Waals surface area contributed by atoms with Crippen molar-refractivity contribution in [2.75, 3.05) is 9.80 Å². The summed E-state index contributed by atoms with van der Waals surface area (Å²) < 4.78 is 2.28. The van der Waals surface area contributed by atoms with E-state index < -0.39 is 0 Å². The highest BCUT2D eigenvalue weighted by molar-refractivity contribution is 6.00. The van der Waals surface area contributed by atoms with Crippen LogP contribution in [0.5, 0.6) is 0 Å². The quantitative estimate of drug-likeness (QED) is 0.109. The second-order valence-corrected chi connectivity index (χ2v) is 20.1. The second kappa shape index (κ2) is 20.6. The van der Waals surface area contributed by atoms with E-state index in [0.29, 0.717) is 11.8 Å². The lowest BCUT2D eigenvalue weighted by Crippen LogP contribution is -2.11. The van der Waals surface area contributed by atoms with Crippen LogP contribution in [0.4, 0.5) is 34.1 Å². The van der Waals surface area contributed by atoms with Gasteiger partial charge in [-0.1, -0.05) is 166 Å². The molecule has 0 aliphatic heterocycles. The van der Waals surface area contributed by atoms with Gasteiger partial charge in [0.15, 0.2) is 0 Å². The Morgan fingerprint density at radius 1 is 0.419 bits per heavy atom. The van der Waals surface area contributed by atoms with Crippen LogP contribution in [0.25, 0.3) is 49.7 Å². The average Bonchev–Trinajstić information content (AvgIpc) is 3.94. The monoisotopic (exact) mass is 961 g/mol. The van der Waals surface area contributed by atoms with Gasteiger partial charge in [0.2, 0.25) is 0 Å². The van der Waals surface area contributed by atoms with E-state index in [0.717, 1.165) is 58.4 Å². The molecule has 4 nitrogen and oxygen atoms in total. The minimum atomic E-state index is 0.370. The fraction of sp³-hybridized carbons (Fsp3) is 0.157. The standard InChI is InChI=1S/C70H64N4/c1-8-53(55-28-30-60(31-29-55)70-71-44-45-72(70)69-51(6)49(4)48(3)50(5)52(69)7)46-47(2)54-32-38-62(39-33-54)74(68-27-17-21-59-19-13-15-25-66(59)68)64-42-36-57(37-43-64)56-34-40-63(41-35-56)73(61-22-10-9-11-23-61)67-26-16-20-58-18-12-14-24-65(58)67/h9-45,47,53H,8,46H2,1-7H3. The van der Waals surface area contributed by atoms with Crippen molar-refractivity contribution in [3.05, 3.63) is 264 Å². The molecule has 0 aliphatic rings. The number of imidazole rings is 1. The molecule has 0 spiro atoms. The molecular weight excluding hydrogens is 897 g/mol. The van der Waals surface area contributed by atoms with Crippen molar-refractivity contribution in [1.29, 1.82) is 0 Å². The Hall–Kier alpha value is -8.47. The van der Waals surface area contributed by atoms with E-state index in [-0.39, 0.29) is 0 Å². The maximum absolute atomic E-state index is 4.89. The summed E-state index contributed by atoms with van der Waals surface area (Å²) in [6.07, 6.45) is 6.18. The Labute approximate surface area is 437 Å². The van der Waals surface area contributed by atoms with Crippen molar-refractivity contribution in [2.24, 2.45) is 0 Å². The molecule has 2 unspecified atom stereocenters. The van der Waals surface area contributed by atoms with Gasteiger partial charge >= 0.3 is 0 Å². The molecule has 74 heavy (non-hydrogen) atoms. The largest absolute Gasteiger partial charge is 0.310 e. The third-order valence-corrected chi connectivity index (χ3v) is 15.9. The van der Waals surface area contributed by atoms with Gasteiger partial charge < -0.3 is 9.80 Å². The predicted molar refractivity (Wildman–Crippen MR) is 315 cm³/mol. The van der Waals surface area contributed by atoms with Gasteiger partial charge in [-0.25, -0.2) is 4.98 Å². The van der Waals surface area contributed by atoms with Gasteiger partial charge in [0.1, 0.15) is 5.82 Å². The molecule has 364 valence electrons. The van der Waals surface area contributed by atoms with Gasteiger partial charge in [-0.2, -0.15) is 0 Å². The summed E-state index contributed by atoms with van der Waals surface area (Å²) in [4.78, 5) is 9.66. The van der Waals surface area contributed by atoms with E-state index in [1.807, 2.05) is 6.20 Å². The van der Waals surface area contributed by atoms with Gasteiger partial charge in [-0.05, 0) is 181 Å². The number of aromatic nitrogens is 2. The number of hydrogen-bond donors (Lipinski definition) is 0. The van der Waals surface area contributed by atoms with E-state index in [9.17, 15) is 0 Å². The molecule has 0 saturated heterocycles. The van der Waals surface area contributed by atoms with Crippen molar-refractivity contribution in [3.63, 3.8) is 0 Å². The maximum atomic E-state index is 4.89. The molecule has 10 aromatic carbocycles. The van der Waals surface area contributed by atoms with E-state index in [1.54, 1.807) is 0 Å².